The molecule has 0 bridgehead atoms. The third-order valence-electron chi connectivity index (χ3n) is 2.47. The molecule has 0 aromatic heterocycles. The van der Waals surface area contributed by atoms with E-state index in [0.29, 0.717) is 16.8 Å². The first kappa shape index (κ1) is 14.9. The summed E-state index contributed by atoms with van der Waals surface area (Å²) in [6.45, 7) is 2.57. The molecule has 1 aromatic rings. The summed E-state index contributed by atoms with van der Waals surface area (Å²) in [5.41, 5.74) is 7.21. The molecule has 0 fully saturated rings. The summed E-state index contributed by atoms with van der Waals surface area (Å²) in [4.78, 5) is 0.154. The molecule has 0 aliphatic carbocycles. The van der Waals surface area contributed by atoms with Gasteiger partial charge in [-0.15, -0.1) is 0 Å². The highest BCUT2D eigenvalue weighted by molar-refractivity contribution is 7.89. The summed E-state index contributed by atoms with van der Waals surface area (Å²) >= 11 is 0. The van der Waals surface area contributed by atoms with Crippen molar-refractivity contribution < 1.29 is 18.6 Å². The van der Waals surface area contributed by atoms with Gasteiger partial charge in [0, 0.05) is 12.2 Å². The van der Waals surface area contributed by atoms with Crippen molar-refractivity contribution in [2.75, 3.05) is 18.9 Å². The van der Waals surface area contributed by atoms with E-state index in [1.807, 2.05) is 0 Å². The van der Waals surface area contributed by atoms with Gasteiger partial charge in [-0.3, -0.25) is 0 Å². The Hall–Kier alpha value is -1.15. The molecule has 7 heteroatoms. The van der Waals surface area contributed by atoms with Crippen LogP contribution in [0.2, 0.25) is 0 Å². The Morgan fingerprint density at radius 3 is 2.28 bits per heavy atom. The van der Waals surface area contributed by atoms with Crippen molar-refractivity contribution in [1.82, 2.24) is 4.72 Å². The number of rotatable bonds is 5. The lowest BCUT2D eigenvalue weighted by molar-refractivity contribution is 0.0988. The number of aryl methyl sites for hydroxylation is 2. The number of sulfonamides is 1. The normalized spacial score (nSPS) is 13.6. The molecular weight excluding hydrogens is 256 g/mol. The Morgan fingerprint density at radius 1 is 1.33 bits per heavy atom. The number of benzene rings is 1. The first-order valence-electron chi connectivity index (χ1n) is 5.43. The minimum absolute atomic E-state index is 0.154. The maximum absolute atomic E-state index is 12.1. The molecule has 0 heterocycles. The largest absolute Gasteiger partial charge is 0.399 e. The van der Waals surface area contributed by atoms with Crippen molar-refractivity contribution in [3.63, 3.8) is 0 Å². The van der Waals surface area contributed by atoms with Crippen LogP contribution in [0, 0.1) is 13.8 Å². The highest BCUT2D eigenvalue weighted by atomic mass is 32.2. The predicted molar refractivity (Wildman–Crippen MR) is 68.6 cm³/mol. The van der Waals surface area contributed by atoms with Crippen LogP contribution in [0.1, 0.15) is 11.1 Å². The van der Waals surface area contributed by atoms with Crippen LogP contribution < -0.4 is 10.5 Å². The number of anilines is 1. The van der Waals surface area contributed by atoms with Crippen molar-refractivity contribution in [3.8, 4) is 0 Å². The number of nitrogens with two attached hydrogens (primary N) is 1. The number of hydrogen-bond acceptors (Lipinski definition) is 5. The monoisotopic (exact) mass is 274 g/mol. The van der Waals surface area contributed by atoms with Crippen molar-refractivity contribution in [1.29, 1.82) is 0 Å². The average Bonchev–Trinajstić information content (AvgIpc) is 2.24. The number of nitrogens with one attached hydrogen (secondary N) is 1. The number of hydrogen-bond donors (Lipinski definition) is 4. The molecule has 0 saturated heterocycles. The quantitative estimate of drug-likeness (QED) is 0.542. The van der Waals surface area contributed by atoms with Crippen LogP contribution in [0.4, 0.5) is 5.69 Å². The van der Waals surface area contributed by atoms with E-state index < -0.39 is 22.7 Å². The van der Waals surface area contributed by atoms with Gasteiger partial charge in [0.2, 0.25) is 10.0 Å². The van der Waals surface area contributed by atoms with E-state index in [-0.39, 0.29) is 11.4 Å². The van der Waals surface area contributed by atoms with Gasteiger partial charge in [0.15, 0.2) is 0 Å². The van der Waals surface area contributed by atoms with Gasteiger partial charge in [0.25, 0.3) is 0 Å². The van der Waals surface area contributed by atoms with Gasteiger partial charge < -0.3 is 15.9 Å². The van der Waals surface area contributed by atoms with Gasteiger partial charge in [0.1, 0.15) is 0 Å². The Balaban J connectivity index is 3.06. The molecule has 6 nitrogen and oxygen atoms in total. The van der Waals surface area contributed by atoms with Gasteiger partial charge >= 0.3 is 0 Å². The van der Waals surface area contributed by atoms with E-state index in [1.165, 1.54) is 0 Å². The van der Waals surface area contributed by atoms with Crippen LogP contribution in [0.25, 0.3) is 0 Å². The standard InChI is InChI=1S/C11H18N2O4S/c1-7-3-9(12)4-8(2)11(7)18(16,17)13-5-10(15)6-14/h3-4,10,13-15H,5-6,12H2,1-2H3. The first-order chi connectivity index (χ1) is 8.27. The van der Waals surface area contributed by atoms with E-state index in [1.54, 1.807) is 26.0 Å². The molecule has 0 aliphatic heterocycles. The summed E-state index contributed by atoms with van der Waals surface area (Å²) in [6.07, 6.45) is -1.12. The molecule has 18 heavy (non-hydrogen) atoms. The van der Waals surface area contributed by atoms with Crippen molar-refractivity contribution in [2.45, 2.75) is 24.8 Å². The summed E-state index contributed by atoms with van der Waals surface area (Å²) < 4.78 is 26.4. The summed E-state index contributed by atoms with van der Waals surface area (Å²) in [6, 6.07) is 3.15. The summed E-state index contributed by atoms with van der Waals surface area (Å²) in [7, 11) is -3.72. The summed E-state index contributed by atoms with van der Waals surface area (Å²) in [5, 5.41) is 17.8. The van der Waals surface area contributed by atoms with Crippen LogP contribution in [-0.2, 0) is 10.0 Å². The third kappa shape index (κ3) is 3.42. The Kier molecular flexibility index (Phi) is 4.69. The summed E-state index contributed by atoms with van der Waals surface area (Å²) in [5.74, 6) is 0. The third-order valence-corrected chi connectivity index (χ3v) is 4.20. The minimum atomic E-state index is -3.72. The fourth-order valence-corrected chi connectivity index (χ4v) is 3.27. The zero-order valence-corrected chi connectivity index (χ0v) is 11.2. The molecular formula is C11H18N2O4S. The van der Waals surface area contributed by atoms with Gasteiger partial charge in [-0.25, -0.2) is 13.1 Å². The molecule has 1 atom stereocenters. The van der Waals surface area contributed by atoms with Gasteiger partial charge in [-0.2, -0.15) is 0 Å². The maximum Gasteiger partial charge on any atom is 0.241 e. The van der Waals surface area contributed by atoms with Crippen molar-refractivity contribution in [3.05, 3.63) is 23.3 Å². The Morgan fingerprint density at radius 2 is 1.83 bits per heavy atom. The fraction of sp³-hybridized carbons (Fsp3) is 0.455. The number of aliphatic hydroxyl groups is 2. The van der Waals surface area contributed by atoms with Crippen LogP contribution >= 0.6 is 0 Å². The second-order valence-electron chi connectivity index (χ2n) is 4.17. The molecule has 0 radical (unpaired) electrons. The van der Waals surface area contributed by atoms with Gasteiger partial charge in [-0.05, 0) is 37.1 Å². The lowest BCUT2D eigenvalue weighted by Gasteiger charge is -2.14. The minimum Gasteiger partial charge on any atom is -0.399 e. The molecule has 102 valence electrons. The molecule has 0 saturated carbocycles. The fourth-order valence-electron chi connectivity index (χ4n) is 1.75. The number of aliphatic hydroxyl groups excluding tert-OH is 2. The first-order valence-corrected chi connectivity index (χ1v) is 6.91. The van der Waals surface area contributed by atoms with Crippen molar-refractivity contribution in [2.24, 2.45) is 0 Å². The maximum atomic E-state index is 12.1. The lowest BCUT2D eigenvalue weighted by Crippen LogP contribution is -2.34. The average molecular weight is 274 g/mol. The van der Waals surface area contributed by atoms with Crippen LogP contribution in [-0.4, -0.2) is 37.9 Å². The molecule has 5 N–H and O–H groups in total. The molecule has 1 rings (SSSR count). The molecule has 1 unspecified atom stereocenters. The van der Waals surface area contributed by atoms with Crippen LogP contribution in [0.5, 0.6) is 0 Å². The van der Waals surface area contributed by atoms with E-state index in [9.17, 15) is 8.42 Å². The van der Waals surface area contributed by atoms with E-state index in [4.69, 9.17) is 15.9 Å². The predicted octanol–water partition coefficient (Wildman–Crippen LogP) is -0.483. The Labute approximate surface area is 106 Å². The van der Waals surface area contributed by atoms with Crippen LogP contribution in [0.15, 0.2) is 17.0 Å². The van der Waals surface area contributed by atoms with E-state index >= 15 is 0 Å². The molecule has 0 spiro atoms. The van der Waals surface area contributed by atoms with Crippen LogP contribution in [0.3, 0.4) is 0 Å². The molecule has 0 amide bonds. The lowest BCUT2D eigenvalue weighted by atomic mass is 10.1. The van der Waals surface area contributed by atoms with E-state index in [2.05, 4.69) is 4.72 Å². The zero-order chi connectivity index (χ0) is 13.9. The van der Waals surface area contributed by atoms with Gasteiger partial charge in [-0.1, -0.05) is 0 Å². The molecule has 0 aliphatic rings. The van der Waals surface area contributed by atoms with Gasteiger partial charge in [0.05, 0.1) is 17.6 Å². The highest BCUT2D eigenvalue weighted by Crippen LogP contribution is 2.22. The molecule has 1 aromatic carbocycles. The number of nitrogen functional groups attached to an aromatic ring is 1. The highest BCUT2D eigenvalue weighted by Gasteiger charge is 2.20. The Bertz CT molecular complexity index is 505. The van der Waals surface area contributed by atoms with E-state index in [0.717, 1.165) is 0 Å². The van der Waals surface area contributed by atoms with Crippen molar-refractivity contribution >= 4 is 15.7 Å². The zero-order valence-electron chi connectivity index (χ0n) is 10.3. The second-order valence-corrected chi connectivity index (χ2v) is 5.88. The smallest absolute Gasteiger partial charge is 0.241 e. The SMILES string of the molecule is Cc1cc(N)cc(C)c1S(=O)(=O)NCC(O)CO. The topological polar surface area (TPSA) is 113 Å². The second kappa shape index (κ2) is 5.66.